The van der Waals surface area contributed by atoms with Crippen molar-refractivity contribution in [3.63, 3.8) is 0 Å². The molecular formula is C25H25NO5S. The minimum absolute atomic E-state index is 0.316. The summed E-state index contributed by atoms with van der Waals surface area (Å²) in [6.45, 7) is 1.62. The van der Waals surface area contributed by atoms with Crippen molar-refractivity contribution in [1.29, 1.82) is 0 Å². The van der Waals surface area contributed by atoms with Gasteiger partial charge >= 0.3 is 5.97 Å². The quantitative estimate of drug-likeness (QED) is 0.486. The van der Waals surface area contributed by atoms with Crippen LogP contribution in [0.2, 0.25) is 0 Å². The number of anilines is 1. The van der Waals surface area contributed by atoms with Gasteiger partial charge in [-0.3, -0.25) is 8.86 Å². The summed E-state index contributed by atoms with van der Waals surface area (Å²) in [6.07, 6.45) is 2.25. The monoisotopic (exact) mass is 451 g/mol. The highest BCUT2D eigenvalue weighted by Crippen LogP contribution is 2.41. The summed E-state index contributed by atoms with van der Waals surface area (Å²) >= 11 is -2.23. The maximum Gasteiger partial charge on any atom is 0.341 e. The first kappa shape index (κ1) is 22.0. The van der Waals surface area contributed by atoms with Gasteiger partial charge in [0.1, 0.15) is 5.75 Å². The molecule has 3 aromatic rings. The van der Waals surface area contributed by atoms with Crippen LogP contribution in [0.15, 0.2) is 66.7 Å². The van der Waals surface area contributed by atoms with Crippen molar-refractivity contribution in [3.8, 4) is 16.9 Å². The lowest BCUT2D eigenvalue weighted by Gasteiger charge is -2.35. The summed E-state index contributed by atoms with van der Waals surface area (Å²) in [5.74, 6) is -0.519. The molecule has 0 saturated carbocycles. The van der Waals surface area contributed by atoms with Crippen LogP contribution >= 0.6 is 0 Å². The molecule has 7 heteroatoms. The Kier molecular flexibility index (Phi) is 6.58. The fourth-order valence-corrected chi connectivity index (χ4v) is 4.97. The van der Waals surface area contributed by atoms with Gasteiger partial charge in [-0.2, -0.15) is 0 Å². The number of nitrogens with zero attached hydrogens (tertiary/aromatic N) is 1. The van der Waals surface area contributed by atoms with E-state index in [4.69, 9.17) is 9.84 Å². The smallest absolute Gasteiger partial charge is 0.341 e. The molecule has 32 heavy (non-hydrogen) atoms. The van der Waals surface area contributed by atoms with E-state index in [1.165, 1.54) is 9.87 Å². The first-order valence-corrected chi connectivity index (χ1v) is 11.5. The number of benzene rings is 3. The Morgan fingerprint density at radius 1 is 1.06 bits per heavy atom. The minimum Gasteiger partial charge on any atom is -0.482 e. The van der Waals surface area contributed by atoms with Crippen LogP contribution in [0.4, 0.5) is 5.69 Å². The molecular weight excluding hydrogens is 426 g/mol. The van der Waals surface area contributed by atoms with E-state index in [-0.39, 0.29) is 6.04 Å². The highest BCUT2D eigenvalue weighted by atomic mass is 32.2. The van der Waals surface area contributed by atoms with Crippen molar-refractivity contribution in [2.24, 2.45) is 0 Å². The van der Waals surface area contributed by atoms with Crippen LogP contribution in [0.3, 0.4) is 0 Å². The van der Waals surface area contributed by atoms with E-state index in [9.17, 15) is 13.6 Å². The fraction of sp³-hybridized carbons (Fsp3) is 0.240. The number of ether oxygens (including phenoxy) is 1. The maximum absolute atomic E-state index is 12.4. The third-order valence-corrected chi connectivity index (χ3v) is 6.54. The molecule has 2 unspecified atom stereocenters. The predicted octanol–water partition coefficient (Wildman–Crippen LogP) is 5.15. The van der Waals surface area contributed by atoms with Gasteiger partial charge in [-0.15, -0.1) is 0 Å². The summed E-state index contributed by atoms with van der Waals surface area (Å²) in [5, 5.41) is 8.95. The number of hydrogen-bond acceptors (Lipinski definition) is 3. The van der Waals surface area contributed by atoms with Gasteiger partial charge in [-0.1, -0.05) is 54.1 Å². The second-order valence-electron chi connectivity index (χ2n) is 7.88. The van der Waals surface area contributed by atoms with Crippen LogP contribution in [0.1, 0.15) is 35.6 Å². The third-order valence-electron chi connectivity index (χ3n) is 5.74. The molecule has 166 valence electrons. The average molecular weight is 452 g/mol. The lowest BCUT2D eigenvalue weighted by molar-refractivity contribution is -0.139. The van der Waals surface area contributed by atoms with E-state index in [1.54, 1.807) is 12.1 Å². The van der Waals surface area contributed by atoms with E-state index in [0.717, 1.165) is 35.1 Å². The average Bonchev–Trinajstić information content (AvgIpc) is 2.79. The molecule has 0 aliphatic heterocycles. The fourth-order valence-electron chi connectivity index (χ4n) is 4.23. The zero-order valence-electron chi connectivity index (χ0n) is 17.7. The van der Waals surface area contributed by atoms with Gasteiger partial charge < -0.3 is 9.84 Å². The number of fused-ring (bicyclic) bond motifs is 1. The molecule has 0 amide bonds. The number of aryl methyl sites for hydroxylation is 1. The Morgan fingerprint density at radius 2 is 1.72 bits per heavy atom. The Hall–Kier alpha value is -3.16. The Morgan fingerprint density at radius 3 is 2.34 bits per heavy atom. The summed E-state index contributed by atoms with van der Waals surface area (Å²) in [7, 11) is 0. The maximum atomic E-state index is 12.4. The Bertz CT molecular complexity index is 1130. The van der Waals surface area contributed by atoms with Crippen molar-refractivity contribution < 1.29 is 23.4 Å². The van der Waals surface area contributed by atoms with Crippen LogP contribution in [-0.2, 0) is 22.5 Å². The highest BCUT2D eigenvalue weighted by molar-refractivity contribution is 7.80. The van der Waals surface area contributed by atoms with Gasteiger partial charge in [0.05, 0.1) is 11.7 Å². The number of carboxylic acid groups (broad SMARTS) is 1. The van der Waals surface area contributed by atoms with E-state index in [2.05, 4.69) is 24.3 Å². The molecule has 1 aliphatic carbocycles. The number of aliphatic carboxylic acids is 1. The first-order valence-electron chi connectivity index (χ1n) is 10.5. The van der Waals surface area contributed by atoms with Gasteiger partial charge in [0, 0.05) is 0 Å². The molecule has 0 aromatic heterocycles. The Balaban J connectivity index is 1.66. The summed E-state index contributed by atoms with van der Waals surface area (Å²) in [4.78, 5) is 10.9. The van der Waals surface area contributed by atoms with Gasteiger partial charge in [0.2, 0.25) is 0 Å². The molecule has 0 fully saturated rings. The molecule has 0 spiro atoms. The van der Waals surface area contributed by atoms with Crippen LogP contribution in [0.5, 0.6) is 5.75 Å². The van der Waals surface area contributed by atoms with E-state index in [1.807, 2.05) is 37.3 Å². The van der Waals surface area contributed by atoms with Crippen LogP contribution < -0.4 is 9.04 Å². The van der Waals surface area contributed by atoms with Crippen molar-refractivity contribution in [2.45, 2.75) is 32.2 Å². The molecule has 0 saturated heterocycles. The van der Waals surface area contributed by atoms with Crippen LogP contribution in [-0.4, -0.2) is 26.4 Å². The largest absolute Gasteiger partial charge is 0.482 e. The van der Waals surface area contributed by atoms with Gasteiger partial charge in [-0.25, -0.2) is 9.00 Å². The summed E-state index contributed by atoms with van der Waals surface area (Å²) in [6, 6.07) is 21.0. The Labute approximate surface area is 189 Å². The number of rotatable bonds is 7. The summed E-state index contributed by atoms with van der Waals surface area (Å²) < 4.78 is 29.6. The highest BCUT2D eigenvalue weighted by Gasteiger charge is 2.31. The lowest BCUT2D eigenvalue weighted by atomic mass is 9.87. The van der Waals surface area contributed by atoms with Crippen molar-refractivity contribution >= 4 is 22.9 Å². The zero-order chi connectivity index (χ0) is 22.7. The van der Waals surface area contributed by atoms with Crippen LogP contribution in [0.25, 0.3) is 11.1 Å². The molecule has 1 aliphatic rings. The second kappa shape index (κ2) is 9.54. The normalized spacial score (nSPS) is 16.1. The molecule has 0 radical (unpaired) electrons. The predicted molar refractivity (Wildman–Crippen MR) is 125 cm³/mol. The van der Waals surface area contributed by atoms with Crippen molar-refractivity contribution in [3.05, 3.63) is 83.4 Å². The van der Waals surface area contributed by atoms with Gasteiger partial charge in [0.25, 0.3) is 11.3 Å². The molecule has 2 N–H and O–H groups in total. The van der Waals surface area contributed by atoms with E-state index < -0.39 is 23.8 Å². The standard InChI is InChI=1S/C25H25NO5S/c1-17-8-10-18(11-9-17)19-12-14-20(15-13-19)26(32(29)30)23-6-2-5-22-21(23)4-3-7-24(22)31-16-25(27)28/h3-4,7-15,23H,2,5-6,16H2,1H3,(H,27,28)(H,29,30). The molecule has 4 rings (SSSR count). The van der Waals surface area contributed by atoms with Crippen LogP contribution in [0, 0.1) is 6.92 Å². The van der Waals surface area contributed by atoms with Crippen molar-refractivity contribution in [2.75, 3.05) is 10.9 Å². The van der Waals surface area contributed by atoms with Gasteiger partial charge in [-0.05, 0) is 66.6 Å². The number of carbonyl (C=O) groups is 1. The number of hydrogen-bond donors (Lipinski definition) is 2. The van der Waals surface area contributed by atoms with Gasteiger partial charge in [0.15, 0.2) is 6.61 Å². The lowest BCUT2D eigenvalue weighted by Crippen LogP contribution is -2.33. The molecule has 6 nitrogen and oxygen atoms in total. The minimum atomic E-state index is -2.23. The molecule has 0 heterocycles. The van der Waals surface area contributed by atoms with Crippen molar-refractivity contribution in [1.82, 2.24) is 0 Å². The molecule has 0 bridgehead atoms. The van der Waals surface area contributed by atoms with E-state index >= 15 is 0 Å². The topological polar surface area (TPSA) is 87.1 Å². The molecule has 2 atom stereocenters. The third kappa shape index (κ3) is 4.69. The first-order chi connectivity index (χ1) is 15.4. The SMILES string of the molecule is Cc1ccc(-c2ccc(N(C3CCCc4c(OCC(=O)O)cccc43)S(=O)O)cc2)cc1. The van der Waals surface area contributed by atoms with E-state index in [0.29, 0.717) is 17.9 Å². The number of carboxylic acids is 1. The second-order valence-corrected chi connectivity index (χ2v) is 8.74. The zero-order valence-corrected chi connectivity index (χ0v) is 18.5. The molecule has 3 aromatic carbocycles. The summed E-state index contributed by atoms with van der Waals surface area (Å²) in [5.41, 5.74) is 5.75.